The van der Waals surface area contributed by atoms with E-state index < -0.39 is 6.10 Å². The third-order valence-electron chi connectivity index (χ3n) is 3.67. The zero-order valence-corrected chi connectivity index (χ0v) is 13.6. The fourth-order valence-corrected chi connectivity index (χ4v) is 2.44. The minimum Gasteiger partial charge on any atom is -0.491 e. The highest BCUT2D eigenvalue weighted by molar-refractivity contribution is 6.06. The van der Waals surface area contributed by atoms with Crippen molar-refractivity contribution in [2.75, 3.05) is 11.9 Å². The second-order valence-electron chi connectivity index (χ2n) is 5.54. The molecule has 1 atom stereocenters. The fourth-order valence-electron chi connectivity index (χ4n) is 2.44. The molecule has 0 radical (unpaired) electrons. The van der Waals surface area contributed by atoms with Gasteiger partial charge in [-0.15, -0.1) is 0 Å². The van der Waals surface area contributed by atoms with Gasteiger partial charge in [0.2, 0.25) is 6.10 Å². The highest BCUT2D eigenvalue weighted by Crippen LogP contribution is 2.25. The van der Waals surface area contributed by atoms with Gasteiger partial charge in [-0.05, 0) is 24.1 Å². The second-order valence-corrected chi connectivity index (χ2v) is 5.54. The standard InChI is InChI=1S/C19H20N2O3/c1-2-12-23-17-11-7-6-10-15(17)20-19(22)18-13-16(21-24-18)14-8-4-3-5-9-14/h3-11,18H,2,12-13H2,1H3,(H,20,22). The number of oxime groups is 1. The molecule has 0 spiro atoms. The smallest absolute Gasteiger partial charge is 0.268 e. The molecule has 3 rings (SSSR count). The van der Waals surface area contributed by atoms with Crippen LogP contribution in [0.4, 0.5) is 5.69 Å². The first kappa shape index (κ1) is 16.1. The van der Waals surface area contributed by atoms with E-state index in [9.17, 15) is 4.79 Å². The summed E-state index contributed by atoms with van der Waals surface area (Å²) in [6, 6.07) is 17.1. The van der Waals surface area contributed by atoms with Crippen molar-refractivity contribution in [1.29, 1.82) is 0 Å². The number of rotatable bonds is 6. The summed E-state index contributed by atoms with van der Waals surface area (Å²) in [5.74, 6) is 0.437. The number of hydrogen-bond acceptors (Lipinski definition) is 4. The first-order valence-corrected chi connectivity index (χ1v) is 8.08. The lowest BCUT2D eigenvalue weighted by atomic mass is 10.0. The average Bonchev–Trinajstić information content (AvgIpc) is 3.12. The summed E-state index contributed by atoms with van der Waals surface area (Å²) in [4.78, 5) is 17.8. The van der Waals surface area contributed by atoms with Gasteiger partial charge in [0.25, 0.3) is 5.91 Å². The maximum atomic E-state index is 12.5. The van der Waals surface area contributed by atoms with Crippen LogP contribution in [0.5, 0.6) is 5.75 Å². The third kappa shape index (κ3) is 3.74. The zero-order chi connectivity index (χ0) is 16.8. The number of amides is 1. The van der Waals surface area contributed by atoms with Gasteiger partial charge in [0.05, 0.1) is 18.0 Å². The molecule has 2 aromatic carbocycles. The molecular formula is C19H20N2O3. The molecule has 0 saturated carbocycles. The van der Waals surface area contributed by atoms with Crippen LogP contribution in [0, 0.1) is 0 Å². The lowest BCUT2D eigenvalue weighted by Gasteiger charge is -2.13. The largest absolute Gasteiger partial charge is 0.491 e. The van der Waals surface area contributed by atoms with Gasteiger partial charge in [0, 0.05) is 6.42 Å². The van der Waals surface area contributed by atoms with E-state index in [1.165, 1.54) is 0 Å². The molecule has 24 heavy (non-hydrogen) atoms. The Labute approximate surface area is 141 Å². The number of anilines is 1. The average molecular weight is 324 g/mol. The molecular weight excluding hydrogens is 304 g/mol. The van der Waals surface area contributed by atoms with E-state index in [0.717, 1.165) is 17.7 Å². The molecule has 0 fully saturated rings. The number of hydrogen-bond donors (Lipinski definition) is 1. The molecule has 1 amide bonds. The van der Waals surface area contributed by atoms with Gasteiger partial charge in [0.15, 0.2) is 0 Å². The van der Waals surface area contributed by atoms with E-state index in [2.05, 4.69) is 10.5 Å². The molecule has 5 nitrogen and oxygen atoms in total. The Morgan fingerprint density at radius 1 is 1.21 bits per heavy atom. The topological polar surface area (TPSA) is 59.9 Å². The summed E-state index contributed by atoms with van der Waals surface area (Å²) in [5.41, 5.74) is 2.40. The van der Waals surface area contributed by atoms with Gasteiger partial charge in [-0.1, -0.05) is 54.5 Å². The molecule has 2 aromatic rings. The van der Waals surface area contributed by atoms with Crippen molar-refractivity contribution in [3.05, 3.63) is 60.2 Å². The summed E-state index contributed by atoms with van der Waals surface area (Å²) in [6.07, 6.45) is 0.732. The molecule has 0 aliphatic carbocycles. The molecule has 1 heterocycles. The molecule has 1 unspecified atom stereocenters. The predicted octanol–water partition coefficient (Wildman–Crippen LogP) is 3.61. The van der Waals surface area contributed by atoms with Gasteiger partial charge in [-0.3, -0.25) is 4.79 Å². The van der Waals surface area contributed by atoms with E-state index in [1.54, 1.807) is 0 Å². The van der Waals surface area contributed by atoms with E-state index >= 15 is 0 Å². The molecule has 0 bridgehead atoms. The summed E-state index contributed by atoms with van der Waals surface area (Å²) >= 11 is 0. The number of carbonyl (C=O) groups is 1. The van der Waals surface area contributed by atoms with Crippen molar-refractivity contribution in [2.24, 2.45) is 5.16 Å². The van der Waals surface area contributed by atoms with Crippen molar-refractivity contribution in [3.63, 3.8) is 0 Å². The first-order valence-electron chi connectivity index (χ1n) is 8.08. The number of carbonyl (C=O) groups excluding carboxylic acids is 1. The Morgan fingerprint density at radius 2 is 1.96 bits per heavy atom. The Bertz CT molecular complexity index is 728. The van der Waals surface area contributed by atoms with E-state index in [-0.39, 0.29) is 5.91 Å². The summed E-state index contributed by atoms with van der Waals surface area (Å²) in [7, 11) is 0. The molecule has 1 aliphatic rings. The van der Waals surface area contributed by atoms with Gasteiger partial charge in [-0.25, -0.2) is 0 Å². The van der Waals surface area contributed by atoms with Crippen LogP contribution in [-0.4, -0.2) is 24.3 Å². The Morgan fingerprint density at radius 3 is 2.75 bits per heavy atom. The van der Waals surface area contributed by atoms with Crippen molar-refractivity contribution >= 4 is 17.3 Å². The summed E-state index contributed by atoms with van der Waals surface area (Å²) in [5, 5.41) is 6.92. The lowest BCUT2D eigenvalue weighted by Crippen LogP contribution is -2.28. The zero-order valence-electron chi connectivity index (χ0n) is 13.6. The third-order valence-corrected chi connectivity index (χ3v) is 3.67. The van der Waals surface area contributed by atoms with Crippen LogP contribution in [-0.2, 0) is 9.63 Å². The number of nitrogens with zero attached hydrogens (tertiary/aromatic N) is 1. The molecule has 5 heteroatoms. The fraction of sp³-hybridized carbons (Fsp3) is 0.263. The predicted molar refractivity (Wildman–Crippen MR) is 93.3 cm³/mol. The number of para-hydroxylation sites is 2. The van der Waals surface area contributed by atoms with Crippen LogP contribution >= 0.6 is 0 Å². The SMILES string of the molecule is CCCOc1ccccc1NC(=O)C1CC(c2ccccc2)=NO1. The number of benzene rings is 2. The van der Waals surface area contributed by atoms with Crippen LogP contribution in [0.25, 0.3) is 0 Å². The highest BCUT2D eigenvalue weighted by Gasteiger charge is 2.29. The van der Waals surface area contributed by atoms with E-state index in [1.807, 2.05) is 61.5 Å². The van der Waals surface area contributed by atoms with Crippen LogP contribution < -0.4 is 10.1 Å². The summed E-state index contributed by atoms with van der Waals surface area (Å²) in [6.45, 7) is 2.64. The maximum Gasteiger partial charge on any atom is 0.268 e. The van der Waals surface area contributed by atoms with Gasteiger partial charge in [-0.2, -0.15) is 0 Å². The first-order chi connectivity index (χ1) is 11.8. The number of ether oxygens (including phenoxy) is 1. The Balaban J connectivity index is 1.63. The van der Waals surface area contributed by atoms with Crippen molar-refractivity contribution in [2.45, 2.75) is 25.9 Å². The lowest BCUT2D eigenvalue weighted by molar-refractivity contribution is -0.125. The van der Waals surface area contributed by atoms with Crippen LogP contribution in [0.1, 0.15) is 25.3 Å². The van der Waals surface area contributed by atoms with Crippen LogP contribution in [0.3, 0.4) is 0 Å². The molecule has 0 aromatic heterocycles. The molecule has 0 saturated heterocycles. The van der Waals surface area contributed by atoms with Crippen LogP contribution in [0.15, 0.2) is 59.8 Å². The monoisotopic (exact) mass is 324 g/mol. The van der Waals surface area contributed by atoms with Crippen LogP contribution in [0.2, 0.25) is 0 Å². The maximum absolute atomic E-state index is 12.5. The van der Waals surface area contributed by atoms with E-state index in [0.29, 0.717) is 24.5 Å². The number of nitrogens with one attached hydrogen (secondary N) is 1. The van der Waals surface area contributed by atoms with E-state index in [4.69, 9.17) is 9.57 Å². The molecule has 1 N–H and O–H groups in total. The van der Waals surface area contributed by atoms with Gasteiger partial charge < -0.3 is 14.9 Å². The normalized spacial score (nSPS) is 16.2. The molecule has 124 valence electrons. The highest BCUT2D eigenvalue weighted by atomic mass is 16.6. The minimum atomic E-state index is -0.626. The Kier molecular flexibility index (Phi) is 5.11. The second kappa shape index (κ2) is 7.64. The quantitative estimate of drug-likeness (QED) is 0.883. The summed E-state index contributed by atoms with van der Waals surface area (Å²) < 4.78 is 5.66. The Hall–Kier alpha value is -2.82. The molecule has 1 aliphatic heterocycles. The van der Waals surface area contributed by atoms with Gasteiger partial charge >= 0.3 is 0 Å². The van der Waals surface area contributed by atoms with Gasteiger partial charge in [0.1, 0.15) is 5.75 Å². The van der Waals surface area contributed by atoms with Crippen molar-refractivity contribution in [3.8, 4) is 5.75 Å². The van der Waals surface area contributed by atoms with Crippen molar-refractivity contribution < 1.29 is 14.4 Å². The minimum absolute atomic E-state index is 0.225. The van der Waals surface area contributed by atoms with Crippen molar-refractivity contribution in [1.82, 2.24) is 0 Å².